The van der Waals surface area contributed by atoms with E-state index in [1.807, 2.05) is 4.90 Å². The fourth-order valence-electron chi connectivity index (χ4n) is 2.81. The molecule has 0 radical (unpaired) electrons. The van der Waals surface area contributed by atoms with Crippen LogP contribution < -0.4 is 0 Å². The SMILES string of the molecule is CC(C)(C(=O)O)N1CCN(C(=O)CCc2c(F)cccc2F)CC1. The van der Waals surface area contributed by atoms with Crippen LogP contribution in [-0.4, -0.2) is 58.5 Å². The van der Waals surface area contributed by atoms with Gasteiger partial charge in [0.25, 0.3) is 0 Å². The summed E-state index contributed by atoms with van der Waals surface area (Å²) in [6, 6.07) is 3.64. The normalized spacial score (nSPS) is 16.2. The van der Waals surface area contributed by atoms with E-state index in [9.17, 15) is 23.5 Å². The highest BCUT2D eigenvalue weighted by molar-refractivity contribution is 5.78. The molecule has 5 nitrogen and oxygen atoms in total. The van der Waals surface area contributed by atoms with Crippen molar-refractivity contribution >= 4 is 11.9 Å². The lowest BCUT2D eigenvalue weighted by atomic mass is 10.0. The third kappa shape index (κ3) is 3.90. The van der Waals surface area contributed by atoms with Crippen LogP contribution in [0.25, 0.3) is 0 Å². The predicted molar refractivity (Wildman–Crippen MR) is 84.5 cm³/mol. The molecule has 0 atom stereocenters. The van der Waals surface area contributed by atoms with E-state index in [0.29, 0.717) is 26.2 Å². The van der Waals surface area contributed by atoms with Gasteiger partial charge in [0.15, 0.2) is 0 Å². The second kappa shape index (κ2) is 7.25. The predicted octanol–water partition coefficient (Wildman–Crippen LogP) is 1.90. The van der Waals surface area contributed by atoms with E-state index in [2.05, 4.69) is 0 Å². The molecule has 0 bridgehead atoms. The zero-order valence-electron chi connectivity index (χ0n) is 13.9. The van der Waals surface area contributed by atoms with Crippen LogP contribution in [0, 0.1) is 11.6 Å². The molecule has 0 saturated carbocycles. The van der Waals surface area contributed by atoms with Gasteiger partial charge in [0.2, 0.25) is 5.91 Å². The maximum Gasteiger partial charge on any atom is 0.323 e. The number of piperazine rings is 1. The van der Waals surface area contributed by atoms with Crippen molar-refractivity contribution in [3.63, 3.8) is 0 Å². The number of aliphatic carboxylic acids is 1. The van der Waals surface area contributed by atoms with Crippen molar-refractivity contribution in [2.24, 2.45) is 0 Å². The standard InChI is InChI=1S/C17H22F2N2O3/c1-17(2,16(23)24)21-10-8-20(9-11-21)15(22)7-6-12-13(18)4-3-5-14(12)19/h3-5H,6-11H2,1-2H3,(H,23,24). The van der Waals surface area contributed by atoms with E-state index in [-0.39, 0.29) is 24.3 Å². The molecule has 0 aromatic heterocycles. The highest BCUT2D eigenvalue weighted by atomic mass is 19.1. The van der Waals surface area contributed by atoms with Crippen LogP contribution in [-0.2, 0) is 16.0 Å². The molecule has 1 heterocycles. The van der Waals surface area contributed by atoms with Crippen molar-refractivity contribution in [2.75, 3.05) is 26.2 Å². The Morgan fingerprint density at radius 3 is 2.17 bits per heavy atom. The highest BCUT2D eigenvalue weighted by Crippen LogP contribution is 2.19. The molecule has 1 fully saturated rings. The van der Waals surface area contributed by atoms with Gasteiger partial charge in [-0.3, -0.25) is 14.5 Å². The van der Waals surface area contributed by atoms with Crippen molar-refractivity contribution in [1.82, 2.24) is 9.80 Å². The highest BCUT2D eigenvalue weighted by Gasteiger charge is 2.36. The minimum Gasteiger partial charge on any atom is -0.480 e. The quantitative estimate of drug-likeness (QED) is 0.889. The molecule has 2 rings (SSSR count). The first kappa shape index (κ1) is 18.3. The molecule has 1 amide bonds. The summed E-state index contributed by atoms with van der Waals surface area (Å²) in [5.41, 5.74) is -1.05. The van der Waals surface area contributed by atoms with Crippen molar-refractivity contribution in [3.8, 4) is 0 Å². The van der Waals surface area contributed by atoms with Crippen LogP contribution >= 0.6 is 0 Å². The largest absolute Gasteiger partial charge is 0.480 e. The number of rotatable bonds is 5. The van der Waals surface area contributed by atoms with E-state index in [1.165, 1.54) is 18.2 Å². The maximum atomic E-state index is 13.6. The smallest absolute Gasteiger partial charge is 0.323 e. The van der Waals surface area contributed by atoms with Crippen LogP contribution in [0.15, 0.2) is 18.2 Å². The molecule has 1 N–H and O–H groups in total. The molecule has 1 aromatic carbocycles. The minimum atomic E-state index is -0.981. The molecular weight excluding hydrogens is 318 g/mol. The van der Waals surface area contributed by atoms with Gasteiger partial charge < -0.3 is 10.0 Å². The third-order valence-corrected chi connectivity index (χ3v) is 4.60. The average molecular weight is 340 g/mol. The molecule has 132 valence electrons. The fraction of sp³-hybridized carbons (Fsp3) is 0.529. The van der Waals surface area contributed by atoms with Gasteiger partial charge in [-0.2, -0.15) is 0 Å². The Labute approximate surface area is 139 Å². The van der Waals surface area contributed by atoms with Crippen molar-refractivity contribution in [3.05, 3.63) is 35.4 Å². The van der Waals surface area contributed by atoms with E-state index in [4.69, 9.17) is 0 Å². The van der Waals surface area contributed by atoms with Crippen LogP contribution in [0.4, 0.5) is 8.78 Å². The summed E-state index contributed by atoms with van der Waals surface area (Å²) < 4.78 is 27.1. The molecule has 0 spiro atoms. The first-order valence-corrected chi connectivity index (χ1v) is 7.92. The number of carbonyl (C=O) groups is 2. The summed E-state index contributed by atoms with van der Waals surface area (Å²) in [7, 11) is 0. The van der Waals surface area contributed by atoms with E-state index in [0.717, 1.165) is 0 Å². The summed E-state index contributed by atoms with van der Waals surface area (Å²) >= 11 is 0. The molecule has 1 saturated heterocycles. The monoisotopic (exact) mass is 340 g/mol. The number of hydrogen-bond acceptors (Lipinski definition) is 3. The third-order valence-electron chi connectivity index (χ3n) is 4.60. The van der Waals surface area contributed by atoms with Crippen molar-refractivity contribution in [1.29, 1.82) is 0 Å². The Balaban J connectivity index is 1.88. The maximum absolute atomic E-state index is 13.6. The van der Waals surface area contributed by atoms with Gasteiger partial charge in [-0.05, 0) is 32.4 Å². The zero-order chi connectivity index (χ0) is 17.9. The number of nitrogens with zero attached hydrogens (tertiary/aromatic N) is 2. The number of amides is 1. The first-order valence-electron chi connectivity index (χ1n) is 7.92. The lowest BCUT2D eigenvalue weighted by Crippen LogP contribution is -2.58. The first-order chi connectivity index (χ1) is 11.2. The van der Waals surface area contributed by atoms with Crippen molar-refractivity contribution < 1.29 is 23.5 Å². The Hall–Kier alpha value is -2.02. The molecule has 0 aliphatic carbocycles. The molecule has 1 aliphatic heterocycles. The van der Waals surface area contributed by atoms with Gasteiger partial charge in [-0.25, -0.2) is 8.78 Å². The molecule has 24 heavy (non-hydrogen) atoms. The Morgan fingerprint density at radius 1 is 1.12 bits per heavy atom. The molecule has 1 aliphatic rings. The van der Waals surface area contributed by atoms with Gasteiger partial charge in [0, 0.05) is 38.2 Å². The van der Waals surface area contributed by atoms with E-state index < -0.39 is 23.1 Å². The number of halogens is 2. The lowest BCUT2D eigenvalue weighted by Gasteiger charge is -2.41. The summed E-state index contributed by atoms with van der Waals surface area (Å²) in [4.78, 5) is 26.9. The van der Waals surface area contributed by atoms with Crippen molar-refractivity contribution in [2.45, 2.75) is 32.2 Å². The van der Waals surface area contributed by atoms with E-state index in [1.54, 1.807) is 18.7 Å². The Bertz CT molecular complexity index is 606. The number of benzene rings is 1. The van der Waals surface area contributed by atoms with Crippen LogP contribution in [0.5, 0.6) is 0 Å². The number of carboxylic acid groups (broad SMARTS) is 1. The van der Waals surface area contributed by atoms with Gasteiger partial charge in [-0.1, -0.05) is 6.07 Å². The van der Waals surface area contributed by atoms with Gasteiger partial charge >= 0.3 is 5.97 Å². The topological polar surface area (TPSA) is 60.9 Å². The summed E-state index contributed by atoms with van der Waals surface area (Å²) in [5, 5.41) is 9.24. The summed E-state index contributed by atoms with van der Waals surface area (Å²) in [5.74, 6) is -2.37. The van der Waals surface area contributed by atoms with Crippen LogP contribution in [0.1, 0.15) is 25.8 Å². The molecule has 1 aromatic rings. The Morgan fingerprint density at radius 2 is 1.67 bits per heavy atom. The summed E-state index contributed by atoms with van der Waals surface area (Å²) in [6.07, 6.45) is 0.0400. The van der Waals surface area contributed by atoms with Crippen LogP contribution in [0.2, 0.25) is 0 Å². The lowest BCUT2D eigenvalue weighted by molar-refractivity contribution is -0.151. The average Bonchev–Trinajstić information content (AvgIpc) is 2.54. The minimum absolute atomic E-state index is 0.0121. The zero-order valence-corrected chi connectivity index (χ0v) is 13.9. The second-order valence-electron chi connectivity index (χ2n) is 6.43. The molecular formula is C17H22F2N2O3. The van der Waals surface area contributed by atoms with Crippen LogP contribution in [0.3, 0.4) is 0 Å². The fourth-order valence-corrected chi connectivity index (χ4v) is 2.81. The van der Waals surface area contributed by atoms with Gasteiger partial charge in [0.1, 0.15) is 17.2 Å². The summed E-state index contributed by atoms with van der Waals surface area (Å²) in [6.45, 7) is 5.00. The van der Waals surface area contributed by atoms with Gasteiger partial charge in [0.05, 0.1) is 0 Å². The van der Waals surface area contributed by atoms with E-state index >= 15 is 0 Å². The van der Waals surface area contributed by atoms with Gasteiger partial charge in [-0.15, -0.1) is 0 Å². The number of carbonyl (C=O) groups excluding carboxylic acids is 1. The second-order valence-corrected chi connectivity index (χ2v) is 6.43. The molecule has 0 unspecified atom stereocenters. The number of hydrogen-bond donors (Lipinski definition) is 1. The Kier molecular flexibility index (Phi) is 5.54. The molecule has 7 heteroatoms. The number of carboxylic acids is 1.